The molecule has 80 valence electrons. The van der Waals surface area contributed by atoms with Crippen LogP contribution in [0.4, 0.5) is 4.39 Å². The molecule has 3 heteroatoms. The van der Waals surface area contributed by atoms with Crippen LogP contribution in [0.2, 0.25) is 0 Å². The van der Waals surface area contributed by atoms with E-state index in [-0.39, 0.29) is 5.82 Å². The van der Waals surface area contributed by atoms with E-state index in [1.807, 2.05) is 13.0 Å². The minimum absolute atomic E-state index is 0.277. The predicted molar refractivity (Wildman–Crippen MR) is 59.8 cm³/mol. The van der Waals surface area contributed by atoms with Crippen molar-refractivity contribution in [2.45, 2.75) is 6.92 Å². The van der Waals surface area contributed by atoms with Crippen LogP contribution in [0.5, 0.6) is 0 Å². The third kappa shape index (κ3) is 1.98. The molecule has 0 N–H and O–H groups in total. The third-order valence-corrected chi connectivity index (χ3v) is 2.34. The first-order valence-electron chi connectivity index (χ1n) is 4.88. The molecule has 0 saturated carbocycles. The number of rotatable bonds is 2. The van der Waals surface area contributed by atoms with Gasteiger partial charge in [0, 0.05) is 17.3 Å². The van der Waals surface area contributed by atoms with Gasteiger partial charge >= 0.3 is 0 Å². The average Bonchev–Trinajstić information content (AvgIpc) is 2.29. The molecule has 0 aliphatic rings. The molecule has 0 aliphatic carbocycles. The normalized spacial score (nSPS) is 10.1. The van der Waals surface area contributed by atoms with E-state index >= 15 is 0 Å². The predicted octanol–water partition coefficient (Wildman–Crippen LogP) is 3.01. The van der Waals surface area contributed by atoms with Crippen LogP contribution < -0.4 is 0 Å². The fraction of sp³-hybridized carbons (Fsp3) is 0.0769. The molecule has 0 spiro atoms. The molecule has 0 unspecified atom stereocenters. The minimum Gasteiger partial charge on any atom is -0.296 e. The Morgan fingerprint density at radius 2 is 2.06 bits per heavy atom. The number of halogens is 1. The van der Waals surface area contributed by atoms with Gasteiger partial charge in [-0.1, -0.05) is 18.2 Å². The highest BCUT2D eigenvalue weighted by atomic mass is 19.1. The van der Waals surface area contributed by atoms with Gasteiger partial charge in [-0.3, -0.25) is 9.78 Å². The first kappa shape index (κ1) is 10.5. The third-order valence-electron chi connectivity index (χ3n) is 2.34. The number of aromatic nitrogens is 1. The van der Waals surface area contributed by atoms with E-state index < -0.39 is 0 Å². The quantitative estimate of drug-likeness (QED) is 0.721. The second-order valence-corrected chi connectivity index (χ2v) is 3.57. The monoisotopic (exact) mass is 215 g/mol. The van der Waals surface area contributed by atoms with E-state index in [9.17, 15) is 9.18 Å². The summed E-state index contributed by atoms with van der Waals surface area (Å²) in [6.07, 6.45) is 2.16. The molecule has 0 bridgehead atoms. The SMILES string of the molecule is Cc1ccc(-c2ccc(C=O)nc2)c(F)c1. The van der Waals surface area contributed by atoms with E-state index in [1.54, 1.807) is 18.2 Å². The van der Waals surface area contributed by atoms with E-state index in [0.717, 1.165) is 5.56 Å². The van der Waals surface area contributed by atoms with Gasteiger partial charge in [0.2, 0.25) is 0 Å². The van der Waals surface area contributed by atoms with Crippen molar-refractivity contribution < 1.29 is 9.18 Å². The molecular formula is C13H10FNO. The van der Waals surface area contributed by atoms with Crippen LogP contribution >= 0.6 is 0 Å². The molecule has 0 atom stereocenters. The van der Waals surface area contributed by atoms with Crippen molar-refractivity contribution in [3.05, 3.63) is 53.6 Å². The summed E-state index contributed by atoms with van der Waals surface area (Å²) in [5.74, 6) is -0.277. The highest BCUT2D eigenvalue weighted by molar-refractivity contribution is 5.73. The minimum atomic E-state index is -0.277. The van der Waals surface area contributed by atoms with Gasteiger partial charge in [0.15, 0.2) is 6.29 Å². The standard InChI is InChI=1S/C13H10FNO/c1-9-2-5-12(13(14)6-9)10-3-4-11(8-16)15-7-10/h2-8H,1H3. The van der Waals surface area contributed by atoms with Gasteiger partial charge in [0.05, 0.1) is 0 Å². The van der Waals surface area contributed by atoms with Crippen LogP contribution in [0, 0.1) is 12.7 Å². The topological polar surface area (TPSA) is 30.0 Å². The molecule has 1 aromatic carbocycles. The Kier molecular flexibility index (Phi) is 2.77. The van der Waals surface area contributed by atoms with E-state index in [2.05, 4.69) is 4.98 Å². The largest absolute Gasteiger partial charge is 0.296 e. The number of nitrogens with zero attached hydrogens (tertiary/aromatic N) is 1. The molecule has 2 aromatic rings. The first-order valence-corrected chi connectivity index (χ1v) is 4.88. The van der Waals surface area contributed by atoms with Crippen molar-refractivity contribution >= 4 is 6.29 Å². The molecule has 2 rings (SSSR count). The number of aryl methyl sites for hydroxylation is 1. The number of pyridine rings is 1. The highest BCUT2D eigenvalue weighted by Crippen LogP contribution is 2.22. The maximum Gasteiger partial charge on any atom is 0.168 e. The summed E-state index contributed by atoms with van der Waals surface area (Å²) in [6.45, 7) is 1.83. The van der Waals surface area contributed by atoms with Gasteiger partial charge in [0.1, 0.15) is 11.5 Å². The Morgan fingerprint density at radius 3 is 2.62 bits per heavy atom. The number of hydrogen-bond acceptors (Lipinski definition) is 2. The molecule has 2 nitrogen and oxygen atoms in total. The van der Waals surface area contributed by atoms with E-state index in [1.165, 1.54) is 12.3 Å². The smallest absolute Gasteiger partial charge is 0.168 e. The van der Waals surface area contributed by atoms with Crippen LogP contribution in [0.15, 0.2) is 36.5 Å². The molecule has 0 fully saturated rings. The molecule has 0 saturated heterocycles. The summed E-state index contributed by atoms with van der Waals surface area (Å²) in [5.41, 5.74) is 2.38. The Bertz CT molecular complexity index is 520. The van der Waals surface area contributed by atoms with E-state index in [4.69, 9.17) is 0 Å². The molecule has 0 radical (unpaired) electrons. The number of aldehydes is 1. The lowest BCUT2D eigenvalue weighted by Gasteiger charge is -2.03. The zero-order valence-electron chi connectivity index (χ0n) is 8.77. The zero-order valence-corrected chi connectivity index (χ0v) is 8.77. The maximum atomic E-state index is 13.6. The van der Waals surface area contributed by atoms with Gasteiger partial charge in [-0.25, -0.2) is 4.39 Å². The maximum absolute atomic E-state index is 13.6. The van der Waals surface area contributed by atoms with Crippen molar-refractivity contribution in [3.8, 4) is 11.1 Å². The summed E-state index contributed by atoms with van der Waals surface area (Å²) in [6, 6.07) is 8.28. The molecule has 16 heavy (non-hydrogen) atoms. The second kappa shape index (κ2) is 4.23. The van der Waals surface area contributed by atoms with E-state index in [0.29, 0.717) is 23.1 Å². The Morgan fingerprint density at radius 1 is 1.25 bits per heavy atom. The first-order chi connectivity index (χ1) is 7.70. The van der Waals surface area contributed by atoms with Gasteiger partial charge in [0.25, 0.3) is 0 Å². The van der Waals surface area contributed by atoms with Crippen LogP contribution in [0.25, 0.3) is 11.1 Å². The van der Waals surface area contributed by atoms with Crippen LogP contribution in [-0.4, -0.2) is 11.3 Å². The van der Waals surface area contributed by atoms with Gasteiger partial charge in [-0.2, -0.15) is 0 Å². The van der Waals surface area contributed by atoms with Gasteiger partial charge in [-0.05, 0) is 24.6 Å². The van der Waals surface area contributed by atoms with Gasteiger partial charge < -0.3 is 0 Å². The lowest BCUT2D eigenvalue weighted by atomic mass is 10.1. The van der Waals surface area contributed by atoms with Crippen molar-refractivity contribution in [1.82, 2.24) is 4.98 Å². The summed E-state index contributed by atoms with van der Waals surface area (Å²) in [4.78, 5) is 14.3. The van der Waals surface area contributed by atoms with Crippen molar-refractivity contribution in [2.75, 3.05) is 0 Å². The fourth-order valence-corrected chi connectivity index (χ4v) is 1.49. The van der Waals surface area contributed by atoms with Crippen molar-refractivity contribution in [2.24, 2.45) is 0 Å². The summed E-state index contributed by atoms with van der Waals surface area (Å²) in [7, 11) is 0. The Balaban J connectivity index is 2.46. The summed E-state index contributed by atoms with van der Waals surface area (Å²) < 4.78 is 13.6. The molecule has 0 amide bonds. The van der Waals surface area contributed by atoms with Crippen LogP contribution in [0.1, 0.15) is 16.1 Å². The van der Waals surface area contributed by atoms with Gasteiger partial charge in [-0.15, -0.1) is 0 Å². The number of benzene rings is 1. The average molecular weight is 215 g/mol. The zero-order chi connectivity index (χ0) is 11.5. The second-order valence-electron chi connectivity index (χ2n) is 3.57. The molecule has 1 aromatic heterocycles. The number of hydrogen-bond donors (Lipinski definition) is 0. The Labute approximate surface area is 92.8 Å². The van der Waals surface area contributed by atoms with Crippen LogP contribution in [-0.2, 0) is 0 Å². The summed E-state index contributed by atoms with van der Waals surface area (Å²) >= 11 is 0. The summed E-state index contributed by atoms with van der Waals surface area (Å²) in [5, 5.41) is 0. The lowest BCUT2D eigenvalue weighted by molar-refractivity contribution is 0.111. The molecule has 1 heterocycles. The lowest BCUT2D eigenvalue weighted by Crippen LogP contribution is -1.89. The van der Waals surface area contributed by atoms with Crippen LogP contribution in [0.3, 0.4) is 0 Å². The highest BCUT2D eigenvalue weighted by Gasteiger charge is 2.05. The van der Waals surface area contributed by atoms with Crippen molar-refractivity contribution in [1.29, 1.82) is 0 Å². The number of carbonyl (C=O) groups excluding carboxylic acids is 1. The Hall–Kier alpha value is -2.03. The molecular weight excluding hydrogens is 205 g/mol. The number of carbonyl (C=O) groups is 1. The molecule has 0 aliphatic heterocycles. The van der Waals surface area contributed by atoms with Crippen molar-refractivity contribution in [3.63, 3.8) is 0 Å². The fourth-order valence-electron chi connectivity index (χ4n) is 1.49.